The summed E-state index contributed by atoms with van der Waals surface area (Å²) in [6, 6.07) is 1.63. The molecule has 0 saturated carbocycles. The molecule has 0 radical (unpaired) electrons. The van der Waals surface area contributed by atoms with Gasteiger partial charge in [0.2, 0.25) is 0 Å². The first-order valence-corrected chi connectivity index (χ1v) is 5.11. The van der Waals surface area contributed by atoms with Crippen molar-refractivity contribution >= 4 is 5.69 Å². The van der Waals surface area contributed by atoms with E-state index in [2.05, 4.69) is 10.3 Å². The van der Waals surface area contributed by atoms with E-state index in [4.69, 9.17) is 10.3 Å². The molecule has 2 aromatic rings. The van der Waals surface area contributed by atoms with Crippen LogP contribution in [0.4, 0.5) is 18.9 Å². The Labute approximate surface area is 100 Å². The van der Waals surface area contributed by atoms with Gasteiger partial charge in [-0.1, -0.05) is 5.16 Å². The zero-order valence-corrected chi connectivity index (χ0v) is 9.75. The summed E-state index contributed by atoms with van der Waals surface area (Å²) in [6.45, 7) is 3.26. The minimum Gasteiger partial charge on any atom is -0.395 e. The van der Waals surface area contributed by atoms with Gasteiger partial charge in [-0.25, -0.2) is 0 Å². The Bertz CT molecular complexity index is 570. The molecule has 0 unspecified atom stereocenters. The molecule has 0 aromatic carbocycles. The van der Waals surface area contributed by atoms with Crippen molar-refractivity contribution in [2.75, 3.05) is 5.73 Å². The molecule has 0 saturated heterocycles. The number of halogens is 3. The van der Waals surface area contributed by atoms with Crippen molar-refractivity contribution in [3.8, 4) is 0 Å². The second-order valence-electron chi connectivity index (χ2n) is 3.93. The molecule has 0 amide bonds. The molecule has 2 aromatic heterocycles. The highest BCUT2D eigenvalue weighted by atomic mass is 19.4. The zero-order valence-electron chi connectivity index (χ0n) is 9.75. The lowest BCUT2D eigenvalue weighted by molar-refractivity contribution is -0.140. The van der Waals surface area contributed by atoms with Crippen LogP contribution >= 0.6 is 0 Å². The predicted molar refractivity (Wildman–Crippen MR) is 56.7 cm³/mol. The molecule has 0 aliphatic carbocycles. The molecule has 0 atom stereocenters. The van der Waals surface area contributed by atoms with Crippen LogP contribution < -0.4 is 5.73 Å². The van der Waals surface area contributed by atoms with Gasteiger partial charge in [-0.15, -0.1) is 0 Å². The van der Waals surface area contributed by atoms with E-state index in [0.29, 0.717) is 11.5 Å². The van der Waals surface area contributed by atoms with Gasteiger partial charge < -0.3 is 10.3 Å². The fourth-order valence-corrected chi connectivity index (χ4v) is 1.57. The Hall–Kier alpha value is -1.99. The number of alkyl halides is 3. The fourth-order valence-electron chi connectivity index (χ4n) is 1.57. The van der Waals surface area contributed by atoms with Gasteiger partial charge in [0.05, 0.1) is 17.9 Å². The fraction of sp³-hybridized carbons (Fsp3) is 0.400. The molecular formula is C10H11F3N4O. The Balaban J connectivity index is 2.35. The molecule has 18 heavy (non-hydrogen) atoms. The summed E-state index contributed by atoms with van der Waals surface area (Å²) in [5.74, 6) is 0.582. The first-order chi connectivity index (χ1) is 8.29. The largest absolute Gasteiger partial charge is 0.437 e. The second kappa shape index (κ2) is 4.04. The number of hydrogen-bond acceptors (Lipinski definition) is 4. The van der Waals surface area contributed by atoms with Crippen molar-refractivity contribution in [1.29, 1.82) is 0 Å². The van der Waals surface area contributed by atoms with E-state index >= 15 is 0 Å². The van der Waals surface area contributed by atoms with Gasteiger partial charge in [-0.2, -0.15) is 18.3 Å². The number of aryl methyl sites for hydroxylation is 1. The maximum absolute atomic E-state index is 12.6. The molecular weight excluding hydrogens is 249 g/mol. The highest BCUT2D eigenvalue weighted by molar-refractivity contribution is 5.49. The monoisotopic (exact) mass is 260 g/mol. The molecule has 0 fully saturated rings. The van der Waals surface area contributed by atoms with E-state index < -0.39 is 11.9 Å². The van der Waals surface area contributed by atoms with Gasteiger partial charge in [-0.3, -0.25) is 4.68 Å². The Morgan fingerprint density at radius 3 is 2.50 bits per heavy atom. The number of hydrogen-bond donors (Lipinski definition) is 1. The van der Waals surface area contributed by atoms with Gasteiger partial charge in [0.25, 0.3) is 0 Å². The van der Waals surface area contributed by atoms with Gasteiger partial charge in [0.1, 0.15) is 11.5 Å². The van der Waals surface area contributed by atoms with Crippen LogP contribution in [0.25, 0.3) is 0 Å². The topological polar surface area (TPSA) is 69.9 Å². The van der Waals surface area contributed by atoms with Crippen molar-refractivity contribution in [2.45, 2.75) is 26.6 Å². The molecule has 5 nitrogen and oxygen atoms in total. The normalized spacial score (nSPS) is 12.1. The number of nitrogen functional groups attached to an aromatic ring is 1. The lowest BCUT2D eigenvalue weighted by Gasteiger charge is -2.02. The van der Waals surface area contributed by atoms with Gasteiger partial charge >= 0.3 is 6.18 Å². The van der Waals surface area contributed by atoms with Crippen LogP contribution in [0.1, 0.15) is 22.8 Å². The van der Waals surface area contributed by atoms with Crippen LogP contribution in [0.5, 0.6) is 0 Å². The molecule has 0 aliphatic rings. The zero-order chi connectivity index (χ0) is 13.5. The van der Waals surface area contributed by atoms with Crippen LogP contribution in [0.15, 0.2) is 10.6 Å². The number of rotatable bonds is 2. The van der Waals surface area contributed by atoms with Gasteiger partial charge in [0.15, 0.2) is 5.69 Å². The highest BCUT2D eigenvalue weighted by Crippen LogP contribution is 2.34. The number of nitrogens with zero attached hydrogens (tertiary/aromatic N) is 3. The summed E-state index contributed by atoms with van der Waals surface area (Å²) in [5.41, 5.74) is 4.72. The Morgan fingerprint density at radius 2 is 2.06 bits per heavy atom. The van der Waals surface area contributed by atoms with Crippen molar-refractivity contribution < 1.29 is 17.7 Å². The molecule has 98 valence electrons. The number of nitrogens with two attached hydrogens (primary N) is 1. The van der Waals surface area contributed by atoms with Gasteiger partial charge in [0, 0.05) is 6.07 Å². The minimum absolute atomic E-state index is 0.0868. The van der Waals surface area contributed by atoms with E-state index in [-0.39, 0.29) is 17.9 Å². The average Bonchev–Trinajstić information content (AvgIpc) is 2.76. The smallest absolute Gasteiger partial charge is 0.395 e. The van der Waals surface area contributed by atoms with Crippen LogP contribution in [-0.4, -0.2) is 14.9 Å². The Morgan fingerprint density at radius 1 is 1.39 bits per heavy atom. The quantitative estimate of drug-likeness (QED) is 0.898. The molecule has 8 heteroatoms. The van der Waals surface area contributed by atoms with E-state index in [1.165, 1.54) is 6.92 Å². The molecule has 2 N–H and O–H groups in total. The minimum atomic E-state index is -4.56. The first-order valence-electron chi connectivity index (χ1n) is 5.11. The van der Waals surface area contributed by atoms with E-state index in [0.717, 1.165) is 4.68 Å². The third kappa shape index (κ3) is 2.18. The first kappa shape index (κ1) is 12.5. The van der Waals surface area contributed by atoms with Crippen LogP contribution in [-0.2, 0) is 12.7 Å². The lowest BCUT2D eigenvalue weighted by Crippen LogP contribution is -2.10. The lowest BCUT2D eigenvalue weighted by atomic mass is 10.3. The van der Waals surface area contributed by atoms with E-state index in [1.807, 2.05) is 0 Å². The van der Waals surface area contributed by atoms with Crippen molar-refractivity contribution in [1.82, 2.24) is 14.9 Å². The van der Waals surface area contributed by atoms with E-state index in [1.54, 1.807) is 13.0 Å². The molecule has 0 spiro atoms. The maximum Gasteiger partial charge on any atom is 0.437 e. The summed E-state index contributed by atoms with van der Waals surface area (Å²) >= 11 is 0. The Kier molecular flexibility index (Phi) is 2.80. The number of anilines is 1. The average molecular weight is 260 g/mol. The molecule has 0 bridgehead atoms. The standard InChI is InChI=1S/C10H11F3N4O/c1-5-3-7(16-18-5)4-17-6(2)8(14)9(15-17)10(11,12)13/h3H,4,14H2,1-2H3. The molecule has 2 rings (SSSR count). The van der Waals surface area contributed by atoms with E-state index in [9.17, 15) is 13.2 Å². The summed E-state index contributed by atoms with van der Waals surface area (Å²) in [4.78, 5) is 0. The third-order valence-electron chi connectivity index (χ3n) is 2.51. The van der Waals surface area contributed by atoms with Crippen molar-refractivity contribution in [2.24, 2.45) is 0 Å². The van der Waals surface area contributed by atoms with Crippen LogP contribution in [0.2, 0.25) is 0 Å². The molecule has 0 aliphatic heterocycles. The van der Waals surface area contributed by atoms with Crippen molar-refractivity contribution in [3.05, 3.63) is 28.9 Å². The number of aromatic nitrogens is 3. The summed E-state index contributed by atoms with van der Waals surface area (Å²) in [7, 11) is 0. The summed E-state index contributed by atoms with van der Waals surface area (Å²) < 4.78 is 43.8. The second-order valence-corrected chi connectivity index (χ2v) is 3.93. The predicted octanol–water partition coefficient (Wildman–Crippen LogP) is 2.14. The van der Waals surface area contributed by atoms with Crippen LogP contribution in [0.3, 0.4) is 0 Å². The highest BCUT2D eigenvalue weighted by Gasteiger charge is 2.37. The van der Waals surface area contributed by atoms with Crippen LogP contribution in [0, 0.1) is 13.8 Å². The third-order valence-corrected chi connectivity index (χ3v) is 2.51. The van der Waals surface area contributed by atoms with Crippen molar-refractivity contribution in [3.63, 3.8) is 0 Å². The molecule has 2 heterocycles. The summed E-state index contributed by atoms with van der Waals surface area (Å²) in [6.07, 6.45) is -4.56. The maximum atomic E-state index is 12.6. The SMILES string of the molecule is Cc1cc(Cn2nc(C(F)(F)F)c(N)c2C)no1. The van der Waals surface area contributed by atoms with Gasteiger partial charge in [-0.05, 0) is 13.8 Å². The summed E-state index contributed by atoms with van der Waals surface area (Å²) in [5, 5.41) is 7.17.